The number of piperazine rings is 1. The number of imidazole rings is 2. The Morgan fingerprint density at radius 3 is 2.50 bits per heavy atom. The molecule has 0 saturated carbocycles. The van der Waals surface area contributed by atoms with E-state index in [9.17, 15) is 19.2 Å². The molecule has 10 heterocycles. The Morgan fingerprint density at radius 2 is 1.69 bits per heavy atom. The van der Waals surface area contributed by atoms with Gasteiger partial charge in [0.25, 0.3) is 0 Å². The number of hydrogen-bond donors (Lipinski definition) is 1. The van der Waals surface area contributed by atoms with Crippen LogP contribution in [-0.2, 0) is 45.6 Å². The third-order valence-electron chi connectivity index (χ3n) is 16.4. The van der Waals surface area contributed by atoms with E-state index in [-0.39, 0.29) is 23.9 Å². The molecule has 17 nitrogen and oxygen atoms in total. The van der Waals surface area contributed by atoms with Crippen LogP contribution in [0.15, 0.2) is 65.8 Å². The number of hydrogen-bond acceptors (Lipinski definition) is 11. The van der Waals surface area contributed by atoms with Crippen molar-refractivity contribution in [1.82, 2.24) is 48.3 Å². The number of piperidine rings is 2. The number of carbonyl (C=O) groups excluding carboxylic acids is 3. The van der Waals surface area contributed by atoms with Gasteiger partial charge in [-0.3, -0.25) is 38.4 Å². The molecule has 0 spiro atoms. The van der Waals surface area contributed by atoms with Gasteiger partial charge < -0.3 is 28.7 Å². The number of pyridine rings is 1. The monoisotopic (exact) mass is 973 g/mol. The summed E-state index contributed by atoms with van der Waals surface area (Å²) in [7, 11) is 1.71. The van der Waals surface area contributed by atoms with E-state index in [0.29, 0.717) is 42.5 Å². The van der Waals surface area contributed by atoms with Crippen molar-refractivity contribution in [3.8, 4) is 23.0 Å². The minimum Gasteiger partial charge on any atom is -0.381 e. The van der Waals surface area contributed by atoms with Gasteiger partial charge in [0.1, 0.15) is 11.7 Å². The van der Waals surface area contributed by atoms with Gasteiger partial charge in [0.2, 0.25) is 17.7 Å². The molecule has 6 aromatic rings. The molecular formula is C55H64N12O5. The molecule has 2 aromatic carbocycles. The molecule has 6 aliphatic rings. The molecule has 1 N–H and O–H groups in total. The first-order valence-corrected chi connectivity index (χ1v) is 26.2. The van der Waals surface area contributed by atoms with E-state index < -0.39 is 11.9 Å². The fourth-order valence-electron chi connectivity index (χ4n) is 12.4. The predicted octanol–water partition coefficient (Wildman–Crippen LogP) is 5.06. The zero-order chi connectivity index (χ0) is 49.0. The number of imide groups is 1. The summed E-state index contributed by atoms with van der Waals surface area (Å²) >= 11 is 0. The Bertz CT molecular complexity index is 3200. The van der Waals surface area contributed by atoms with Crippen LogP contribution in [0.5, 0.6) is 0 Å². The van der Waals surface area contributed by atoms with Crippen LogP contribution in [0, 0.1) is 17.8 Å². The van der Waals surface area contributed by atoms with Crippen molar-refractivity contribution in [2.24, 2.45) is 13.0 Å². The second-order valence-electron chi connectivity index (χ2n) is 20.8. The lowest BCUT2D eigenvalue weighted by atomic mass is 9.93. The molecule has 1 atom stereocenters. The van der Waals surface area contributed by atoms with Gasteiger partial charge in [-0.1, -0.05) is 24.0 Å². The standard InChI is InChI=1S/C55H64N12O5/c1-37(68)63-24-16-46-44(35-63)53(58-67(46)42-17-30-72-31-18-42)65-21-5-8-41-32-40(10-11-45(41)65)43-33-50-56-19-25-64(50)36-49(43)62-22-14-38(15-23-62)34-61-28-26-60(27-29-61)20-4-7-39-6-3-9-47-52(39)59(2)55(71)66(47)48-12-13-51(69)57-54(48)70/h3,6,9-11,19,25,32-33,36,38,42,48H,5,8,12-18,20-24,26-31,34-35H2,1-2H3,(H,57,69,70). The van der Waals surface area contributed by atoms with E-state index in [2.05, 4.69) is 76.3 Å². The third-order valence-corrected chi connectivity index (χ3v) is 16.4. The molecule has 72 heavy (non-hydrogen) atoms. The number of anilines is 3. The maximum Gasteiger partial charge on any atom is 0.329 e. The summed E-state index contributed by atoms with van der Waals surface area (Å²) in [5.41, 5.74) is 11.5. The van der Waals surface area contributed by atoms with Gasteiger partial charge in [0.15, 0.2) is 5.82 Å². The van der Waals surface area contributed by atoms with Crippen molar-refractivity contribution in [3.63, 3.8) is 0 Å². The van der Waals surface area contributed by atoms with Gasteiger partial charge in [-0.15, -0.1) is 0 Å². The van der Waals surface area contributed by atoms with E-state index >= 15 is 0 Å². The van der Waals surface area contributed by atoms with Gasteiger partial charge in [-0.2, -0.15) is 5.10 Å². The molecule has 4 saturated heterocycles. The van der Waals surface area contributed by atoms with Crippen LogP contribution in [0.1, 0.15) is 86.3 Å². The number of nitrogens with zero attached hydrogens (tertiary/aromatic N) is 11. The Morgan fingerprint density at radius 1 is 0.875 bits per heavy atom. The minimum atomic E-state index is -0.725. The van der Waals surface area contributed by atoms with Crippen molar-refractivity contribution in [3.05, 3.63) is 93.9 Å². The van der Waals surface area contributed by atoms with Crippen LogP contribution in [0.2, 0.25) is 0 Å². The summed E-state index contributed by atoms with van der Waals surface area (Å²) in [6.45, 7) is 13.1. The number of fused-ring (bicyclic) bond motifs is 4. The fourth-order valence-corrected chi connectivity index (χ4v) is 12.4. The number of rotatable bonds is 8. The van der Waals surface area contributed by atoms with Crippen LogP contribution in [0.25, 0.3) is 27.8 Å². The highest BCUT2D eigenvalue weighted by Crippen LogP contribution is 2.43. The number of aryl methyl sites for hydroxylation is 2. The second-order valence-corrected chi connectivity index (χ2v) is 20.8. The van der Waals surface area contributed by atoms with Gasteiger partial charge >= 0.3 is 5.69 Å². The number of para-hydroxylation sites is 1. The molecule has 3 amide bonds. The van der Waals surface area contributed by atoms with Gasteiger partial charge in [0.05, 0.1) is 41.4 Å². The van der Waals surface area contributed by atoms with Crippen molar-refractivity contribution >= 4 is 51.6 Å². The number of carbonyl (C=O) groups is 3. The third kappa shape index (κ3) is 8.66. The minimum absolute atomic E-state index is 0.116. The second kappa shape index (κ2) is 19.4. The SMILES string of the molecule is CC(=O)N1CCc2c(c(N3CCCc4cc(-c5cc6nccn6cc5N5CCC(CN6CCN(CC#Cc7cccc8c7n(C)c(=O)n8C7CCC(=O)NC7=O)CC6)CC5)ccc43)nn2C2CCOCC2)C1. The number of benzene rings is 2. The van der Waals surface area contributed by atoms with Crippen LogP contribution < -0.4 is 20.8 Å². The Labute approximate surface area is 419 Å². The fraction of sp³-hybridized carbons (Fsp3) is 0.491. The van der Waals surface area contributed by atoms with E-state index in [1.807, 2.05) is 35.5 Å². The highest BCUT2D eigenvalue weighted by Gasteiger charge is 2.35. The molecule has 374 valence electrons. The maximum atomic E-state index is 13.4. The molecule has 17 heteroatoms. The Hall–Kier alpha value is -6.74. The van der Waals surface area contributed by atoms with E-state index in [0.717, 1.165) is 134 Å². The topological polar surface area (TPSA) is 151 Å². The zero-order valence-corrected chi connectivity index (χ0v) is 41.5. The first-order chi connectivity index (χ1) is 35.1. The summed E-state index contributed by atoms with van der Waals surface area (Å²) < 4.78 is 13.3. The first kappa shape index (κ1) is 46.3. The lowest BCUT2D eigenvalue weighted by Crippen LogP contribution is -2.48. The predicted molar refractivity (Wildman–Crippen MR) is 275 cm³/mol. The molecule has 4 fully saturated rings. The average Bonchev–Trinajstić information content (AvgIpc) is 4.10. The van der Waals surface area contributed by atoms with Crippen molar-refractivity contribution < 1.29 is 19.1 Å². The van der Waals surface area contributed by atoms with E-state index in [4.69, 9.17) is 14.8 Å². The highest BCUT2D eigenvalue weighted by molar-refractivity contribution is 6.00. The van der Waals surface area contributed by atoms with Crippen molar-refractivity contribution in [2.45, 2.75) is 83.3 Å². The number of amides is 3. The van der Waals surface area contributed by atoms with Crippen LogP contribution in [0.4, 0.5) is 17.2 Å². The smallest absolute Gasteiger partial charge is 0.329 e. The molecule has 6 aliphatic heterocycles. The number of nitrogens with one attached hydrogen (secondary N) is 1. The quantitative estimate of drug-likeness (QED) is 0.161. The average molecular weight is 973 g/mol. The van der Waals surface area contributed by atoms with Crippen molar-refractivity contribution in [2.75, 3.05) is 88.5 Å². The van der Waals surface area contributed by atoms with Crippen molar-refractivity contribution in [1.29, 1.82) is 0 Å². The van der Waals surface area contributed by atoms with Crippen LogP contribution >= 0.6 is 0 Å². The van der Waals surface area contributed by atoms with Crippen LogP contribution in [-0.4, -0.2) is 139 Å². The molecule has 0 aliphatic carbocycles. The number of aromatic nitrogens is 6. The summed E-state index contributed by atoms with van der Waals surface area (Å²) in [5, 5.41) is 7.79. The van der Waals surface area contributed by atoms with Gasteiger partial charge in [-0.25, -0.2) is 9.78 Å². The lowest BCUT2D eigenvalue weighted by Gasteiger charge is -2.39. The Balaban J connectivity index is 0.700. The summed E-state index contributed by atoms with van der Waals surface area (Å²) in [4.78, 5) is 67.3. The largest absolute Gasteiger partial charge is 0.381 e. The Kier molecular flexibility index (Phi) is 12.5. The first-order valence-electron chi connectivity index (χ1n) is 26.2. The molecule has 0 bridgehead atoms. The molecule has 1 unspecified atom stereocenters. The molecule has 0 radical (unpaired) electrons. The zero-order valence-electron chi connectivity index (χ0n) is 41.5. The molecule has 12 rings (SSSR count). The highest BCUT2D eigenvalue weighted by atomic mass is 16.5. The number of ether oxygens (including phenoxy) is 1. The lowest BCUT2D eigenvalue weighted by molar-refractivity contribution is -0.135. The van der Waals surface area contributed by atoms with Gasteiger partial charge in [-0.05, 0) is 92.3 Å². The maximum absolute atomic E-state index is 13.4. The summed E-state index contributed by atoms with van der Waals surface area (Å²) in [5.74, 6) is 7.73. The van der Waals surface area contributed by atoms with E-state index in [1.54, 1.807) is 18.5 Å². The van der Waals surface area contributed by atoms with Crippen LogP contribution in [0.3, 0.4) is 0 Å². The normalized spacial score (nSPS) is 20.7. The summed E-state index contributed by atoms with van der Waals surface area (Å²) in [6.07, 6.45) is 13.8. The molecule has 4 aromatic heterocycles. The van der Waals surface area contributed by atoms with E-state index in [1.165, 1.54) is 43.9 Å². The summed E-state index contributed by atoms with van der Waals surface area (Å²) in [6, 6.07) is 14.5. The van der Waals surface area contributed by atoms with Gasteiger partial charge in [0, 0.05) is 140 Å². The molecular weight excluding hydrogens is 909 g/mol.